The fourth-order valence-corrected chi connectivity index (χ4v) is 2.53. The monoisotopic (exact) mass is 359 g/mol. The molecule has 6 nitrogen and oxygen atoms in total. The van der Waals surface area contributed by atoms with Crippen LogP contribution in [0, 0.1) is 20.8 Å². The Balaban J connectivity index is 2.00. The van der Waals surface area contributed by atoms with Gasteiger partial charge < -0.3 is 10.1 Å². The second kappa shape index (κ2) is 9.29. The van der Waals surface area contributed by atoms with Gasteiger partial charge in [-0.05, 0) is 38.6 Å². The number of aryl methyl sites for hydroxylation is 2. The summed E-state index contributed by atoms with van der Waals surface area (Å²) in [7, 11) is 1.65. The molecular weight excluding hydrogens is 334 g/mol. The largest absolute Gasteiger partial charge is 0.383 e. The first-order chi connectivity index (χ1) is 12.0. The third-order valence-electron chi connectivity index (χ3n) is 3.84. The highest BCUT2D eigenvalue weighted by molar-refractivity contribution is 7.80. The van der Waals surface area contributed by atoms with E-state index >= 15 is 0 Å². The van der Waals surface area contributed by atoms with E-state index in [1.807, 2.05) is 18.5 Å². The maximum absolute atomic E-state index is 5.14. The number of nitrogens with zero attached hydrogens (tertiary/aromatic N) is 3. The van der Waals surface area contributed by atoms with Crippen LogP contribution in [0.2, 0.25) is 0 Å². The molecule has 134 valence electrons. The molecule has 0 amide bonds. The van der Waals surface area contributed by atoms with Crippen molar-refractivity contribution < 1.29 is 4.74 Å². The number of hydrazone groups is 1. The Morgan fingerprint density at radius 1 is 1.28 bits per heavy atom. The van der Waals surface area contributed by atoms with E-state index in [9.17, 15) is 0 Å². The summed E-state index contributed by atoms with van der Waals surface area (Å²) in [5.74, 6) is 0. The van der Waals surface area contributed by atoms with Crippen molar-refractivity contribution in [3.8, 4) is 0 Å². The van der Waals surface area contributed by atoms with Crippen molar-refractivity contribution in [3.05, 3.63) is 52.3 Å². The predicted octanol–water partition coefficient (Wildman–Crippen LogP) is 2.30. The normalized spacial score (nSPS) is 11.0. The summed E-state index contributed by atoms with van der Waals surface area (Å²) in [5.41, 5.74) is 8.29. The van der Waals surface area contributed by atoms with Crippen LogP contribution in [0.5, 0.6) is 0 Å². The predicted molar refractivity (Wildman–Crippen MR) is 105 cm³/mol. The van der Waals surface area contributed by atoms with Gasteiger partial charge in [0.05, 0.1) is 25.1 Å². The summed E-state index contributed by atoms with van der Waals surface area (Å²) < 4.78 is 6.95. The lowest BCUT2D eigenvalue weighted by Crippen LogP contribution is -2.34. The molecular formula is C18H25N5OS. The first-order valence-corrected chi connectivity index (χ1v) is 8.57. The molecule has 0 unspecified atom stereocenters. The zero-order valence-corrected chi connectivity index (χ0v) is 16.0. The minimum atomic E-state index is 0.468. The third-order valence-corrected chi connectivity index (χ3v) is 4.08. The van der Waals surface area contributed by atoms with Crippen molar-refractivity contribution in [1.29, 1.82) is 0 Å². The van der Waals surface area contributed by atoms with E-state index < -0.39 is 0 Å². The van der Waals surface area contributed by atoms with Gasteiger partial charge in [-0.1, -0.05) is 29.8 Å². The highest BCUT2D eigenvalue weighted by atomic mass is 32.1. The van der Waals surface area contributed by atoms with Gasteiger partial charge in [0.25, 0.3) is 0 Å². The zero-order valence-electron chi connectivity index (χ0n) is 15.2. The Hall–Kier alpha value is -2.25. The molecule has 0 aliphatic carbocycles. The fraction of sp³-hybridized carbons (Fsp3) is 0.389. The number of aromatic nitrogens is 2. The lowest BCUT2D eigenvalue weighted by Gasteiger charge is -2.06. The molecule has 0 atom stereocenters. The number of hydrogen-bond acceptors (Lipinski definition) is 4. The maximum atomic E-state index is 5.14. The Kier molecular flexibility index (Phi) is 7.09. The summed E-state index contributed by atoms with van der Waals surface area (Å²) in [5, 5.41) is 12.3. The highest BCUT2D eigenvalue weighted by Crippen LogP contribution is 2.13. The van der Waals surface area contributed by atoms with Crippen LogP contribution in [0.1, 0.15) is 28.1 Å². The van der Waals surface area contributed by atoms with E-state index in [0.29, 0.717) is 18.3 Å². The minimum Gasteiger partial charge on any atom is -0.383 e. The second-order valence-corrected chi connectivity index (χ2v) is 6.25. The second-order valence-electron chi connectivity index (χ2n) is 5.85. The van der Waals surface area contributed by atoms with Gasteiger partial charge in [0.1, 0.15) is 0 Å². The zero-order chi connectivity index (χ0) is 18.2. The number of hydrogen-bond donors (Lipinski definition) is 2. The Labute approximate surface area is 154 Å². The van der Waals surface area contributed by atoms with Crippen LogP contribution < -0.4 is 10.7 Å². The lowest BCUT2D eigenvalue weighted by molar-refractivity contribution is 0.204. The average Bonchev–Trinajstić information content (AvgIpc) is 2.84. The van der Waals surface area contributed by atoms with Crippen LogP contribution in [0.15, 0.2) is 29.4 Å². The van der Waals surface area contributed by atoms with Crippen LogP contribution in [0.4, 0.5) is 0 Å². The van der Waals surface area contributed by atoms with Crippen molar-refractivity contribution >= 4 is 23.5 Å². The molecule has 0 saturated carbocycles. The van der Waals surface area contributed by atoms with Gasteiger partial charge >= 0.3 is 0 Å². The maximum Gasteiger partial charge on any atom is 0.187 e. The van der Waals surface area contributed by atoms with Crippen LogP contribution >= 0.6 is 12.2 Å². The molecule has 0 radical (unpaired) electrons. The van der Waals surface area contributed by atoms with E-state index in [4.69, 9.17) is 17.0 Å². The molecule has 25 heavy (non-hydrogen) atoms. The Morgan fingerprint density at radius 2 is 2.00 bits per heavy atom. The summed E-state index contributed by atoms with van der Waals surface area (Å²) in [6.45, 7) is 8.09. The molecule has 0 aliphatic heterocycles. The summed E-state index contributed by atoms with van der Waals surface area (Å²) >= 11 is 5.14. The van der Waals surface area contributed by atoms with E-state index in [2.05, 4.69) is 52.1 Å². The van der Waals surface area contributed by atoms with Gasteiger partial charge in [0.15, 0.2) is 5.11 Å². The van der Waals surface area contributed by atoms with Gasteiger partial charge in [0, 0.05) is 24.9 Å². The molecule has 7 heteroatoms. The standard InChI is InChI=1S/C18H25N5OS/c1-13-5-7-16(8-6-13)12-23-15(3)17(14(2)22-23)11-20-21-18(25)19-9-10-24-4/h5-8,11H,9-10,12H2,1-4H3,(H2,19,21,25)/b20-11-. The van der Waals surface area contributed by atoms with E-state index in [0.717, 1.165) is 23.5 Å². The van der Waals surface area contributed by atoms with Gasteiger partial charge in [-0.2, -0.15) is 10.2 Å². The number of rotatable bonds is 7. The molecule has 0 saturated heterocycles. The summed E-state index contributed by atoms with van der Waals surface area (Å²) in [6.07, 6.45) is 1.76. The molecule has 2 rings (SSSR count). The molecule has 0 fully saturated rings. The Bertz CT molecular complexity index is 737. The first-order valence-electron chi connectivity index (χ1n) is 8.16. The molecule has 1 heterocycles. The molecule has 1 aromatic carbocycles. The van der Waals surface area contributed by atoms with Crippen LogP contribution in [-0.2, 0) is 11.3 Å². The summed E-state index contributed by atoms with van der Waals surface area (Å²) in [4.78, 5) is 0. The number of nitrogens with one attached hydrogen (secondary N) is 2. The van der Waals surface area contributed by atoms with Crippen molar-refractivity contribution in [3.63, 3.8) is 0 Å². The molecule has 0 bridgehead atoms. The topological polar surface area (TPSA) is 63.5 Å². The molecule has 2 aromatic rings. The van der Waals surface area contributed by atoms with Crippen LogP contribution in [0.3, 0.4) is 0 Å². The summed E-state index contributed by atoms with van der Waals surface area (Å²) in [6, 6.07) is 8.49. The number of thiocarbonyl (C=S) groups is 1. The number of ether oxygens (including phenoxy) is 1. The van der Waals surface area contributed by atoms with E-state index in [-0.39, 0.29) is 0 Å². The average molecular weight is 359 g/mol. The number of benzene rings is 1. The highest BCUT2D eigenvalue weighted by Gasteiger charge is 2.10. The smallest absolute Gasteiger partial charge is 0.187 e. The van der Waals surface area contributed by atoms with Crippen LogP contribution in [0.25, 0.3) is 0 Å². The van der Waals surface area contributed by atoms with Gasteiger partial charge in [0.2, 0.25) is 0 Å². The first kappa shape index (κ1) is 19.1. The SMILES string of the molecule is COCCNC(=S)N/N=C\c1c(C)nn(Cc2ccc(C)cc2)c1C. The molecule has 2 N–H and O–H groups in total. The fourth-order valence-electron chi connectivity index (χ4n) is 2.38. The van der Waals surface area contributed by atoms with Gasteiger partial charge in [-0.3, -0.25) is 10.1 Å². The minimum absolute atomic E-state index is 0.468. The molecule has 0 aliphatic rings. The third kappa shape index (κ3) is 5.65. The number of methoxy groups -OCH3 is 1. The van der Waals surface area contributed by atoms with Crippen molar-refractivity contribution in [2.75, 3.05) is 20.3 Å². The van der Waals surface area contributed by atoms with Crippen molar-refractivity contribution in [2.24, 2.45) is 5.10 Å². The van der Waals surface area contributed by atoms with Gasteiger partial charge in [-0.15, -0.1) is 0 Å². The van der Waals surface area contributed by atoms with Crippen molar-refractivity contribution in [1.82, 2.24) is 20.5 Å². The van der Waals surface area contributed by atoms with Crippen molar-refractivity contribution in [2.45, 2.75) is 27.3 Å². The Morgan fingerprint density at radius 3 is 2.68 bits per heavy atom. The van der Waals surface area contributed by atoms with Gasteiger partial charge in [-0.25, -0.2) is 0 Å². The molecule has 1 aromatic heterocycles. The van der Waals surface area contributed by atoms with Crippen LogP contribution in [-0.4, -0.2) is 41.4 Å². The van der Waals surface area contributed by atoms with E-state index in [1.54, 1.807) is 13.3 Å². The lowest BCUT2D eigenvalue weighted by atomic mass is 10.1. The quantitative estimate of drug-likeness (QED) is 0.344. The van der Waals surface area contributed by atoms with E-state index in [1.165, 1.54) is 11.1 Å². The molecule has 0 spiro atoms.